The molecule has 0 aliphatic rings. The second-order valence-corrected chi connectivity index (χ2v) is 4.86. The van der Waals surface area contributed by atoms with Crippen molar-refractivity contribution in [2.75, 3.05) is 0 Å². The highest BCUT2D eigenvalue weighted by molar-refractivity contribution is 5.60. The average molecular weight is 227 g/mol. The maximum absolute atomic E-state index is 4.11. The molecule has 0 rings (SSSR count). The van der Waals surface area contributed by atoms with Crippen LogP contribution in [0.5, 0.6) is 0 Å². The molecule has 0 aliphatic heterocycles. The van der Waals surface area contributed by atoms with Crippen LogP contribution in [0.1, 0.15) is 62.3 Å². The molecule has 0 unspecified atom stereocenters. The summed E-state index contributed by atoms with van der Waals surface area (Å²) in [6.45, 7) is 19.0. The van der Waals surface area contributed by atoms with Crippen LogP contribution in [0.25, 0.3) is 0 Å². The Morgan fingerprint density at radius 2 is 1.12 bits per heavy atom. The van der Waals surface area contributed by atoms with E-state index in [1.54, 1.807) is 0 Å². The molecular weight excluding hydrogens is 194 g/mol. The largest absolute Gasteiger partial charge is 0.269 e. The van der Waals surface area contributed by atoms with Gasteiger partial charge in [0.25, 0.3) is 0 Å². The van der Waals surface area contributed by atoms with Gasteiger partial charge in [0.15, 0.2) is 0 Å². The van der Waals surface area contributed by atoms with E-state index < -0.39 is 0 Å². The van der Waals surface area contributed by atoms with E-state index in [0.29, 0.717) is 11.8 Å². The summed E-state index contributed by atoms with van der Waals surface area (Å²) in [4.78, 5) is 4.11. The normalized spacial score (nSPS) is 10.8. The summed E-state index contributed by atoms with van der Waals surface area (Å²) in [5.74, 6) is 1.99. The zero-order valence-electron chi connectivity index (χ0n) is 12.9. The van der Waals surface area contributed by atoms with Gasteiger partial charge in [-0.25, -0.2) is 0 Å². The molecule has 0 heterocycles. The molecule has 0 saturated heterocycles. The molecule has 0 aromatic rings. The molecule has 0 aliphatic carbocycles. The molecule has 0 N–H and O–H groups in total. The Morgan fingerprint density at radius 3 is 1.38 bits per heavy atom. The molecule has 0 radical (unpaired) electrons. The van der Waals surface area contributed by atoms with Crippen molar-refractivity contribution in [1.82, 2.24) is 0 Å². The third-order valence-electron chi connectivity index (χ3n) is 0.941. The van der Waals surface area contributed by atoms with E-state index >= 15 is 0 Å². The summed E-state index contributed by atoms with van der Waals surface area (Å²) < 4.78 is 0. The highest BCUT2D eigenvalue weighted by Crippen LogP contribution is 1.93. The van der Waals surface area contributed by atoms with Crippen LogP contribution >= 0.6 is 0 Å². The second kappa shape index (κ2) is 16.8. The van der Waals surface area contributed by atoms with Gasteiger partial charge < -0.3 is 0 Å². The van der Waals surface area contributed by atoms with Crippen LogP contribution in [-0.4, -0.2) is 6.21 Å². The van der Waals surface area contributed by atoms with Crippen molar-refractivity contribution >= 4 is 6.21 Å². The average Bonchev–Trinajstić information content (AvgIpc) is 2.14. The maximum Gasteiger partial charge on any atom is 0.0226 e. The van der Waals surface area contributed by atoms with Gasteiger partial charge in [0.2, 0.25) is 0 Å². The summed E-state index contributed by atoms with van der Waals surface area (Å²) >= 11 is 0. The summed E-state index contributed by atoms with van der Waals surface area (Å²) in [5, 5.41) is 0. The molecular formula is C15H33N. The summed E-state index contributed by atoms with van der Waals surface area (Å²) in [7, 11) is 0. The van der Waals surface area contributed by atoms with Crippen molar-refractivity contribution in [2.24, 2.45) is 22.7 Å². The van der Waals surface area contributed by atoms with Crippen molar-refractivity contribution in [1.29, 1.82) is 0 Å². The molecule has 0 fully saturated rings. The first-order valence-electron chi connectivity index (χ1n) is 6.56. The molecule has 0 amide bonds. The minimum atomic E-state index is 0.553. The molecule has 0 spiro atoms. The predicted molar refractivity (Wildman–Crippen MR) is 79.2 cm³/mol. The quantitative estimate of drug-likeness (QED) is 0.559. The van der Waals surface area contributed by atoms with Crippen LogP contribution in [0, 0.1) is 17.8 Å². The molecule has 1 heteroatoms. The standard InChI is InChI=1S/C9H17N.C4H10.C2H6/c1-8(2)5-6-10-7-9(3)4;1-4(2)3;1-2/h5-9H,1-4H3;4H,1-3H3;1-2H3. The van der Waals surface area contributed by atoms with Crippen molar-refractivity contribution in [3.8, 4) is 0 Å². The van der Waals surface area contributed by atoms with Gasteiger partial charge in [-0.05, 0) is 17.8 Å². The van der Waals surface area contributed by atoms with E-state index in [1.807, 2.05) is 26.3 Å². The third-order valence-corrected chi connectivity index (χ3v) is 0.941. The summed E-state index contributed by atoms with van der Waals surface area (Å²) in [6.07, 6.45) is 5.89. The maximum atomic E-state index is 4.11. The van der Waals surface area contributed by atoms with Crippen LogP contribution in [-0.2, 0) is 0 Å². The van der Waals surface area contributed by atoms with E-state index in [1.165, 1.54) is 0 Å². The number of allylic oxidation sites excluding steroid dienone is 1. The Morgan fingerprint density at radius 1 is 0.750 bits per heavy atom. The number of nitrogens with zero attached hydrogens (tertiary/aromatic N) is 1. The van der Waals surface area contributed by atoms with Crippen molar-refractivity contribution in [2.45, 2.75) is 62.3 Å². The second-order valence-electron chi connectivity index (χ2n) is 4.86. The monoisotopic (exact) mass is 227 g/mol. The molecule has 98 valence electrons. The van der Waals surface area contributed by atoms with Gasteiger partial charge in [-0.1, -0.05) is 68.4 Å². The van der Waals surface area contributed by atoms with Crippen LogP contribution in [0.4, 0.5) is 0 Å². The zero-order chi connectivity index (χ0) is 13.6. The van der Waals surface area contributed by atoms with Crippen LogP contribution in [0.2, 0.25) is 0 Å². The first-order valence-corrected chi connectivity index (χ1v) is 6.56. The fourth-order valence-electron chi connectivity index (χ4n) is 0.444. The smallest absolute Gasteiger partial charge is 0.0226 e. The minimum absolute atomic E-state index is 0.553. The molecule has 0 saturated carbocycles. The van der Waals surface area contributed by atoms with Gasteiger partial charge in [0, 0.05) is 12.4 Å². The topological polar surface area (TPSA) is 12.4 Å². The van der Waals surface area contributed by atoms with Gasteiger partial charge >= 0.3 is 0 Å². The highest BCUT2D eigenvalue weighted by Gasteiger charge is 1.82. The van der Waals surface area contributed by atoms with Crippen LogP contribution in [0.3, 0.4) is 0 Å². The number of hydrogen-bond acceptors (Lipinski definition) is 1. The number of rotatable bonds is 3. The third kappa shape index (κ3) is 50.3. The Kier molecular flexibility index (Phi) is 21.8. The first kappa shape index (κ1) is 20.8. The summed E-state index contributed by atoms with van der Waals surface area (Å²) in [6, 6.07) is 0. The predicted octanol–water partition coefficient (Wildman–Crippen LogP) is 5.57. The lowest BCUT2D eigenvalue weighted by Gasteiger charge is -1.91. The highest BCUT2D eigenvalue weighted by atomic mass is 14.7. The molecule has 0 aromatic carbocycles. The van der Waals surface area contributed by atoms with Gasteiger partial charge in [0.1, 0.15) is 0 Å². The van der Waals surface area contributed by atoms with Gasteiger partial charge in [-0.2, -0.15) is 0 Å². The van der Waals surface area contributed by atoms with Crippen LogP contribution < -0.4 is 0 Å². The SMILES string of the molecule is CC.CC(C)C.CC(C)C=CN=CC(C)C. The lowest BCUT2D eigenvalue weighted by atomic mass is 10.2. The van der Waals surface area contributed by atoms with E-state index in [0.717, 1.165) is 5.92 Å². The Balaban J connectivity index is -0.000000237. The van der Waals surface area contributed by atoms with Gasteiger partial charge in [-0.3, -0.25) is 4.99 Å². The fraction of sp³-hybridized carbons (Fsp3) is 0.800. The van der Waals surface area contributed by atoms with Crippen molar-refractivity contribution in [3.63, 3.8) is 0 Å². The van der Waals surface area contributed by atoms with Crippen molar-refractivity contribution < 1.29 is 0 Å². The van der Waals surface area contributed by atoms with E-state index in [-0.39, 0.29) is 0 Å². The molecule has 0 aromatic heterocycles. The van der Waals surface area contributed by atoms with Crippen LogP contribution in [0.15, 0.2) is 17.3 Å². The molecule has 0 atom stereocenters. The zero-order valence-corrected chi connectivity index (χ0v) is 12.9. The fourth-order valence-corrected chi connectivity index (χ4v) is 0.444. The van der Waals surface area contributed by atoms with E-state index in [2.05, 4.69) is 59.5 Å². The van der Waals surface area contributed by atoms with E-state index in [4.69, 9.17) is 0 Å². The molecule has 1 nitrogen and oxygen atoms in total. The first-order chi connectivity index (χ1) is 7.36. The summed E-state index contributed by atoms with van der Waals surface area (Å²) in [5.41, 5.74) is 0. The lowest BCUT2D eigenvalue weighted by Crippen LogP contribution is -1.85. The van der Waals surface area contributed by atoms with Gasteiger partial charge in [-0.15, -0.1) is 0 Å². The number of hydrogen-bond donors (Lipinski definition) is 0. The Bertz CT molecular complexity index is 134. The molecule has 0 bridgehead atoms. The number of aliphatic imine (C=N–C) groups is 1. The molecule has 16 heavy (non-hydrogen) atoms. The van der Waals surface area contributed by atoms with E-state index in [9.17, 15) is 0 Å². The lowest BCUT2D eigenvalue weighted by molar-refractivity contribution is 0.737. The van der Waals surface area contributed by atoms with Crippen molar-refractivity contribution in [3.05, 3.63) is 12.3 Å². The Hall–Kier alpha value is -0.590. The Labute approximate surface area is 104 Å². The minimum Gasteiger partial charge on any atom is -0.269 e. The van der Waals surface area contributed by atoms with Gasteiger partial charge in [0.05, 0.1) is 0 Å².